The van der Waals surface area contributed by atoms with Gasteiger partial charge in [-0.25, -0.2) is 0 Å². The fourth-order valence-electron chi connectivity index (χ4n) is 2.54. The van der Waals surface area contributed by atoms with Gasteiger partial charge in [0.05, 0.1) is 5.69 Å². The van der Waals surface area contributed by atoms with Crippen LogP contribution in [0.1, 0.15) is 11.4 Å². The summed E-state index contributed by atoms with van der Waals surface area (Å²) in [6.07, 6.45) is 0. The maximum atomic E-state index is 6.04. The van der Waals surface area contributed by atoms with E-state index in [0.717, 1.165) is 16.8 Å². The maximum absolute atomic E-state index is 6.04. The zero-order valence-electron chi connectivity index (χ0n) is 14.2. The fraction of sp³-hybridized carbons (Fsp3) is 0. The zero-order valence-corrected chi connectivity index (χ0v) is 15.0. The van der Waals surface area contributed by atoms with Crippen LogP contribution in [0.15, 0.2) is 94.6 Å². The molecule has 6 heteroatoms. The summed E-state index contributed by atoms with van der Waals surface area (Å²) in [5, 5.41) is 9.25. The van der Waals surface area contributed by atoms with E-state index in [4.69, 9.17) is 16.1 Å². The number of benzene rings is 3. The van der Waals surface area contributed by atoms with Gasteiger partial charge in [0, 0.05) is 16.1 Å². The molecule has 5 nitrogen and oxygen atoms in total. The molecule has 0 saturated heterocycles. The molecule has 0 atom stereocenters. The van der Waals surface area contributed by atoms with Gasteiger partial charge in [0.2, 0.25) is 5.82 Å². The Labute approximate surface area is 161 Å². The van der Waals surface area contributed by atoms with Crippen molar-refractivity contribution in [3.05, 3.63) is 101 Å². The van der Waals surface area contributed by atoms with Crippen molar-refractivity contribution in [3.63, 3.8) is 0 Å². The van der Waals surface area contributed by atoms with E-state index in [1.54, 1.807) is 12.1 Å². The number of anilines is 1. The summed E-state index contributed by atoms with van der Waals surface area (Å²) in [6.45, 7) is 0. The lowest BCUT2D eigenvalue weighted by molar-refractivity contribution is 0.429. The molecule has 1 N–H and O–H groups in total. The van der Waals surface area contributed by atoms with Crippen LogP contribution in [0.2, 0.25) is 5.02 Å². The second kappa shape index (κ2) is 7.85. The van der Waals surface area contributed by atoms with Crippen LogP contribution in [0.4, 0.5) is 5.69 Å². The normalized spacial score (nSPS) is 11.4. The minimum Gasteiger partial charge on any atom is -0.334 e. The average Bonchev–Trinajstić information content (AvgIpc) is 3.20. The SMILES string of the molecule is Clc1cccc(N/N=C(\c2ccccc2)c2noc(-c3ccccc3)n2)c1. The van der Waals surface area contributed by atoms with Gasteiger partial charge in [0.25, 0.3) is 5.89 Å². The van der Waals surface area contributed by atoms with Crippen LogP contribution in [0.3, 0.4) is 0 Å². The lowest BCUT2D eigenvalue weighted by Crippen LogP contribution is -2.08. The summed E-state index contributed by atoms with van der Waals surface area (Å²) in [7, 11) is 0. The molecule has 1 heterocycles. The Kier molecular flexibility index (Phi) is 4.94. The molecule has 0 aliphatic rings. The number of rotatable bonds is 5. The molecule has 0 spiro atoms. The molecule has 0 unspecified atom stereocenters. The highest BCUT2D eigenvalue weighted by atomic mass is 35.5. The van der Waals surface area contributed by atoms with Crippen molar-refractivity contribution < 1.29 is 4.52 Å². The topological polar surface area (TPSA) is 63.3 Å². The van der Waals surface area contributed by atoms with Crippen LogP contribution in [0.25, 0.3) is 11.5 Å². The Bertz CT molecular complexity index is 1060. The van der Waals surface area contributed by atoms with E-state index < -0.39 is 0 Å². The van der Waals surface area contributed by atoms with Gasteiger partial charge in [-0.15, -0.1) is 0 Å². The van der Waals surface area contributed by atoms with Gasteiger partial charge in [-0.2, -0.15) is 10.1 Å². The minimum atomic E-state index is 0.398. The minimum absolute atomic E-state index is 0.398. The number of hydrazone groups is 1. The highest BCUT2D eigenvalue weighted by Gasteiger charge is 2.16. The third-order valence-corrected chi connectivity index (χ3v) is 4.06. The Balaban J connectivity index is 1.71. The van der Waals surface area contributed by atoms with E-state index >= 15 is 0 Å². The second-order valence-electron chi connectivity index (χ2n) is 5.74. The molecule has 0 radical (unpaired) electrons. The van der Waals surface area contributed by atoms with Crippen LogP contribution < -0.4 is 5.43 Å². The predicted molar refractivity (Wildman–Crippen MR) is 107 cm³/mol. The quantitative estimate of drug-likeness (QED) is 0.382. The van der Waals surface area contributed by atoms with Crippen molar-refractivity contribution in [1.82, 2.24) is 10.1 Å². The molecular weight excluding hydrogens is 360 g/mol. The number of nitrogens with zero attached hydrogens (tertiary/aromatic N) is 3. The second-order valence-corrected chi connectivity index (χ2v) is 6.17. The average molecular weight is 375 g/mol. The highest BCUT2D eigenvalue weighted by Crippen LogP contribution is 2.19. The van der Waals surface area contributed by atoms with E-state index in [2.05, 4.69) is 20.7 Å². The van der Waals surface area contributed by atoms with Crippen molar-refractivity contribution in [3.8, 4) is 11.5 Å². The predicted octanol–water partition coefficient (Wildman–Crippen LogP) is 5.25. The van der Waals surface area contributed by atoms with Crippen LogP contribution in [-0.4, -0.2) is 15.9 Å². The van der Waals surface area contributed by atoms with Crippen molar-refractivity contribution in [2.75, 3.05) is 5.43 Å². The molecule has 0 amide bonds. The van der Waals surface area contributed by atoms with Crippen molar-refractivity contribution in [2.45, 2.75) is 0 Å². The number of nitrogens with one attached hydrogen (secondary N) is 1. The molecular formula is C21H15ClN4O. The van der Waals surface area contributed by atoms with Gasteiger partial charge in [-0.3, -0.25) is 5.43 Å². The van der Waals surface area contributed by atoms with Crippen molar-refractivity contribution in [1.29, 1.82) is 0 Å². The van der Waals surface area contributed by atoms with E-state index in [1.165, 1.54) is 0 Å². The maximum Gasteiger partial charge on any atom is 0.258 e. The number of aromatic nitrogens is 2. The summed E-state index contributed by atoms with van der Waals surface area (Å²) in [5.74, 6) is 0.839. The first-order valence-corrected chi connectivity index (χ1v) is 8.71. The smallest absolute Gasteiger partial charge is 0.258 e. The van der Waals surface area contributed by atoms with Crippen molar-refractivity contribution >= 4 is 23.0 Å². The molecule has 1 aromatic heterocycles. The molecule has 0 bridgehead atoms. The Morgan fingerprint density at radius 2 is 1.63 bits per heavy atom. The molecule has 0 aliphatic carbocycles. The summed E-state index contributed by atoms with van der Waals surface area (Å²) in [4.78, 5) is 4.51. The summed E-state index contributed by atoms with van der Waals surface area (Å²) < 4.78 is 5.43. The third kappa shape index (κ3) is 4.04. The van der Waals surface area contributed by atoms with Crippen LogP contribution in [0, 0.1) is 0 Å². The van der Waals surface area contributed by atoms with Gasteiger partial charge in [0.15, 0.2) is 0 Å². The lowest BCUT2D eigenvalue weighted by atomic mass is 10.1. The van der Waals surface area contributed by atoms with E-state index in [1.807, 2.05) is 72.8 Å². The van der Waals surface area contributed by atoms with Crippen LogP contribution in [0.5, 0.6) is 0 Å². The molecule has 132 valence electrons. The molecule has 4 aromatic rings. The number of hydrogen-bond acceptors (Lipinski definition) is 5. The molecule has 0 fully saturated rings. The molecule has 4 rings (SSSR count). The third-order valence-electron chi connectivity index (χ3n) is 3.83. The first-order chi connectivity index (χ1) is 13.3. The number of halogens is 1. The van der Waals surface area contributed by atoms with E-state index in [9.17, 15) is 0 Å². The number of hydrogen-bond donors (Lipinski definition) is 1. The van der Waals surface area contributed by atoms with Gasteiger partial charge < -0.3 is 4.52 Å². The van der Waals surface area contributed by atoms with Gasteiger partial charge in [0.1, 0.15) is 5.71 Å². The van der Waals surface area contributed by atoms with Gasteiger partial charge >= 0.3 is 0 Å². The van der Waals surface area contributed by atoms with E-state index in [0.29, 0.717) is 22.4 Å². The van der Waals surface area contributed by atoms with Gasteiger partial charge in [-0.05, 0) is 30.3 Å². The summed E-state index contributed by atoms with van der Waals surface area (Å²) >= 11 is 6.04. The molecule has 3 aromatic carbocycles. The van der Waals surface area contributed by atoms with Crippen molar-refractivity contribution in [2.24, 2.45) is 5.10 Å². The monoisotopic (exact) mass is 374 g/mol. The Morgan fingerprint density at radius 3 is 2.37 bits per heavy atom. The van der Waals surface area contributed by atoms with E-state index in [-0.39, 0.29) is 0 Å². The first-order valence-electron chi connectivity index (χ1n) is 8.34. The van der Waals surface area contributed by atoms with Gasteiger partial charge in [-0.1, -0.05) is 71.4 Å². The molecule has 0 aliphatic heterocycles. The lowest BCUT2D eigenvalue weighted by Gasteiger charge is -2.05. The summed E-state index contributed by atoms with van der Waals surface area (Å²) in [6, 6.07) is 26.6. The van der Waals surface area contributed by atoms with Crippen LogP contribution >= 0.6 is 11.6 Å². The summed E-state index contributed by atoms with van der Waals surface area (Å²) in [5.41, 5.74) is 6.07. The largest absolute Gasteiger partial charge is 0.334 e. The Hall–Kier alpha value is -3.44. The first kappa shape index (κ1) is 17.0. The van der Waals surface area contributed by atoms with Crippen LogP contribution in [-0.2, 0) is 0 Å². The molecule has 0 saturated carbocycles. The standard InChI is InChI=1S/C21H15ClN4O/c22-17-12-7-13-18(14-17)24-25-19(15-8-3-1-4-9-15)20-23-21(27-26-20)16-10-5-2-6-11-16/h1-14,24H/b25-19+. The highest BCUT2D eigenvalue weighted by molar-refractivity contribution is 6.30. The molecule has 27 heavy (non-hydrogen) atoms. The fourth-order valence-corrected chi connectivity index (χ4v) is 2.73. The zero-order chi connectivity index (χ0) is 18.5. The Morgan fingerprint density at radius 1 is 0.889 bits per heavy atom.